The Bertz CT molecular complexity index is 267. The van der Waals surface area contributed by atoms with Gasteiger partial charge in [-0.1, -0.05) is 33.6 Å². The summed E-state index contributed by atoms with van der Waals surface area (Å²) in [4.78, 5) is 0. The van der Waals surface area contributed by atoms with E-state index in [2.05, 4.69) is 32.2 Å². The van der Waals surface area contributed by atoms with Crippen LogP contribution in [0.25, 0.3) is 0 Å². The summed E-state index contributed by atoms with van der Waals surface area (Å²) >= 11 is 0. The Balaban J connectivity index is 2.69. The van der Waals surface area contributed by atoms with E-state index in [1.807, 2.05) is 6.26 Å². The van der Waals surface area contributed by atoms with E-state index in [9.17, 15) is 0 Å². The van der Waals surface area contributed by atoms with E-state index in [1.54, 1.807) is 0 Å². The van der Waals surface area contributed by atoms with E-state index in [0.717, 1.165) is 18.7 Å². The number of rotatable bonds is 7. The molecular weight excluding hydrogens is 186 g/mol. The maximum atomic E-state index is 5.48. The van der Waals surface area contributed by atoms with Gasteiger partial charge in [0, 0.05) is 18.0 Å². The maximum absolute atomic E-state index is 5.48. The Hall–Kier alpha value is -0.760. The minimum Gasteiger partial charge on any atom is -0.469 e. The van der Waals surface area contributed by atoms with Crippen molar-refractivity contribution in [1.29, 1.82) is 0 Å². The average Bonchev–Trinajstić information content (AvgIpc) is 2.72. The van der Waals surface area contributed by atoms with Crippen LogP contribution in [0.4, 0.5) is 0 Å². The first-order valence-electron chi connectivity index (χ1n) is 6.13. The highest BCUT2D eigenvalue weighted by atomic mass is 16.3. The summed E-state index contributed by atoms with van der Waals surface area (Å²) in [6.45, 7) is 7.55. The standard InChI is InChI=1S/C13H23NO/c1-4-7-8-12(14-6-3)11-9-10-15-13(11)5-2/h9-10,12,14H,4-8H2,1-3H3. The fraction of sp³-hybridized carbons (Fsp3) is 0.692. The van der Waals surface area contributed by atoms with Crippen LogP contribution >= 0.6 is 0 Å². The van der Waals surface area contributed by atoms with Gasteiger partial charge in [0.25, 0.3) is 0 Å². The van der Waals surface area contributed by atoms with E-state index in [0.29, 0.717) is 6.04 Å². The molecule has 0 bridgehead atoms. The van der Waals surface area contributed by atoms with Crippen LogP contribution in [0.3, 0.4) is 0 Å². The van der Waals surface area contributed by atoms with Gasteiger partial charge in [-0.15, -0.1) is 0 Å². The average molecular weight is 209 g/mol. The summed E-state index contributed by atoms with van der Waals surface area (Å²) < 4.78 is 5.48. The summed E-state index contributed by atoms with van der Waals surface area (Å²) in [6, 6.07) is 2.59. The number of furan rings is 1. The number of hydrogen-bond acceptors (Lipinski definition) is 2. The fourth-order valence-corrected chi connectivity index (χ4v) is 1.97. The van der Waals surface area contributed by atoms with Gasteiger partial charge < -0.3 is 9.73 Å². The van der Waals surface area contributed by atoms with Crippen molar-refractivity contribution in [3.05, 3.63) is 23.7 Å². The van der Waals surface area contributed by atoms with Crippen molar-refractivity contribution in [3.63, 3.8) is 0 Å². The van der Waals surface area contributed by atoms with Gasteiger partial charge in [-0.2, -0.15) is 0 Å². The van der Waals surface area contributed by atoms with Gasteiger partial charge in [-0.3, -0.25) is 0 Å². The number of nitrogens with one attached hydrogen (secondary N) is 1. The Labute approximate surface area is 93.1 Å². The van der Waals surface area contributed by atoms with Gasteiger partial charge in [0.1, 0.15) is 5.76 Å². The normalized spacial score (nSPS) is 13.0. The molecule has 86 valence electrons. The summed E-state index contributed by atoms with van der Waals surface area (Å²) in [5.41, 5.74) is 1.35. The first-order chi connectivity index (χ1) is 7.33. The van der Waals surface area contributed by atoms with Crippen molar-refractivity contribution in [2.45, 2.75) is 52.5 Å². The Kier molecular flexibility index (Phi) is 5.48. The molecule has 1 rings (SSSR count). The van der Waals surface area contributed by atoms with E-state index in [4.69, 9.17) is 4.42 Å². The molecule has 0 aliphatic rings. The van der Waals surface area contributed by atoms with Gasteiger partial charge in [-0.25, -0.2) is 0 Å². The summed E-state index contributed by atoms with van der Waals surface area (Å²) in [5.74, 6) is 1.14. The molecule has 0 amide bonds. The lowest BCUT2D eigenvalue weighted by molar-refractivity contribution is 0.465. The second-order valence-electron chi connectivity index (χ2n) is 3.91. The van der Waals surface area contributed by atoms with Crippen molar-refractivity contribution in [1.82, 2.24) is 5.32 Å². The van der Waals surface area contributed by atoms with Crippen molar-refractivity contribution in [2.75, 3.05) is 6.54 Å². The Morgan fingerprint density at radius 2 is 2.13 bits per heavy atom. The minimum absolute atomic E-state index is 0.476. The molecular formula is C13H23NO. The van der Waals surface area contributed by atoms with Gasteiger partial charge in [0.05, 0.1) is 6.26 Å². The van der Waals surface area contributed by atoms with E-state index in [-0.39, 0.29) is 0 Å². The van der Waals surface area contributed by atoms with Crippen molar-refractivity contribution in [2.24, 2.45) is 0 Å². The molecule has 0 aliphatic heterocycles. The molecule has 1 N–H and O–H groups in total. The van der Waals surface area contributed by atoms with Crippen LogP contribution in [0.5, 0.6) is 0 Å². The smallest absolute Gasteiger partial charge is 0.108 e. The van der Waals surface area contributed by atoms with Gasteiger partial charge in [0.15, 0.2) is 0 Å². The minimum atomic E-state index is 0.476. The highest BCUT2D eigenvalue weighted by molar-refractivity contribution is 5.21. The third-order valence-electron chi connectivity index (χ3n) is 2.77. The summed E-state index contributed by atoms with van der Waals surface area (Å²) in [6.07, 6.45) is 6.52. The number of hydrogen-bond donors (Lipinski definition) is 1. The van der Waals surface area contributed by atoms with Gasteiger partial charge in [-0.05, 0) is 19.0 Å². The molecule has 1 atom stereocenters. The molecule has 0 radical (unpaired) electrons. The van der Waals surface area contributed by atoms with Gasteiger partial charge in [0.2, 0.25) is 0 Å². The Morgan fingerprint density at radius 1 is 1.33 bits per heavy atom. The zero-order valence-corrected chi connectivity index (χ0v) is 10.2. The van der Waals surface area contributed by atoms with E-state index in [1.165, 1.54) is 24.8 Å². The molecule has 0 aromatic carbocycles. The molecule has 15 heavy (non-hydrogen) atoms. The van der Waals surface area contributed by atoms with Crippen molar-refractivity contribution < 1.29 is 4.42 Å². The molecule has 1 aromatic rings. The lowest BCUT2D eigenvalue weighted by Crippen LogP contribution is -2.21. The predicted molar refractivity (Wildman–Crippen MR) is 64.0 cm³/mol. The van der Waals surface area contributed by atoms with Crippen LogP contribution < -0.4 is 5.32 Å². The number of aryl methyl sites for hydroxylation is 1. The summed E-state index contributed by atoms with van der Waals surface area (Å²) in [7, 11) is 0. The predicted octanol–water partition coefficient (Wildman–Crippen LogP) is 3.68. The van der Waals surface area contributed by atoms with Crippen LogP contribution in [0.1, 0.15) is 57.4 Å². The largest absolute Gasteiger partial charge is 0.469 e. The lowest BCUT2D eigenvalue weighted by Gasteiger charge is -2.17. The first-order valence-corrected chi connectivity index (χ1v) is 6.13. The monoisotopic (exact) mass is 209 g/mol. The Morgan fingerprint density at radius 3 is 2.73 bits per heavy atom. The third kappa shape index (κ3) is 3.38. The third-order valence-corrected chi connectivity index (χ3v) is 2.77. The molecule has 0 spiro atoms. The molecule has 2 nitrogen and oxygen atoms in total. The SMILES string of the molecule is CCCCC(NCC)c1ccoc1CC. The van der Waals surface area contributed by atoms with Crippen molar-refractivity contribution in [3.8, 4) is 0 Å². The molecule has 1 aromatic heterocycles. The first kappa shape index (κ1) is 12.3. The molecule has 1 unspecified atom stereocenters. The topological polar surface area (TPSA) is 25.2 Å². The lowest BCUT2D eigenvalue weighted by atomic mass is 10.0. The molecule has 0 fully saturated rings. The molecule has 0 saturated carbocycles. The fourth-order valence-electron chi connectivity index (χ4n) is 1.97. The summed E-state index contributed by atoms with van der Waals surface area (Å²) in [5, 5.41) is 3.53. The van der Waals surface area contributed by atoms with Crippen LogP contribution in [-0.2, 0) is 6.42 Å². The highest BCUT2D eigenvalue weighted by Gasteiger charge is 2.15. The zero-order chi connectivity index (χ0) is 11.1. The number of unbranched alkanes of at least 4 members (excludes halogenated alkanes) is 1. The molecule has 2 heteroatoms. The van der Waals surface area contributed by atoms with E-state index >= 15 is 0 Å². The molecule has 0 aliphatic carbocycles. The highest BCUT2D eigenvalue weighted by Crippen LogP contribution is 2.24. The van der Waals surface area contributed by atoms with Crippen molar-refractivity contribution >= 4 is 0 Å². The van der Waals surface area contributed by atoms with Crippen LogP contribution in [0.15, 0.2) is 16.7 Å². The molecule has 1 heterocycles. The second-order valence-corrected chi connectivity index (χ2v) is 3.91. The van der Waals surface area contributed by atoms with Crippen LogP contribution in [0, 0.1) is 0 Å². The van der Waals surface area contributed by atoms with Crippen LogP contribution in [-0.4, -0.2) is 6.54 Å². The zero-order valence-electron chi connectivity index (χ0n) is 10.2. The van der Waals surface area contributed by atoms with Gasteiger partial charge >= 0.3 is 0 Å². The van der Waals surface area contributed by atoms with E-state index < -0.39 is 0 Å². The second kappa shape index (κ2) is 6.67. The maximum Gasteiger partial charge on any atom is 0.108 e. The quantitative estimate of drug-likeness (QED) is 0.741. The van der Waals surface area contributed by atoms with Crippen LogP contribution in [0.2, 0.25) is 0 Å². The molecule has 0 saturated heterocycles.